The lowest BCUT2D eigenvalue weighted by molar-refractivity contribution is -0.137. The van der Waals surface area contributed by atoms with Crippen molar-refractivity contribution < 1.29 is 13.2 Å². The Bertz CT molecular complexity index is 3650. The summed E-state index contributed by atoms with van der Waals surface area (Å²) in [6, 6.07) is 49.6. The third kappa shape index (κ3) is 6.35. The number of aromatic nitrogens is 2. The number of fused-ring (bicyclic) bond motifs is 6. The molecule has 0 saturated carbocycles. The van der Waals surface area contributed by atoms with Gasteiger partial charge in [0, 0.05) is 32.7 Å². The molecule has 0 radical (unpaired) electrons. The van der Waals surface area contributed by atoms with Gasteiger partial charge < -0.3 is 9.13 Å². The zero-order valence-electron chi connectivity index (χ0n) is 36.2. The molecule has 8 aromatic carbocycles. The number of rotatable bonds is 5. The SMILES string of the molecule is Cc1cc(C)c(-c2ccc3c4ccccc4n(-c4cc(C#N)c(-c5ccc(C(F)(F)F)cc5C#N)cc4-n4c5ccccc5c5ccc(-c6c(C)cc(C)cc6C)cc54)c3c2)c(C)c1. The van der Waals surface area contributed by atoms with Crippen LogP contribution in [0.1, 0.15) is 50.1 Å². The zero-order chi connectivity index (χ0) is 44.8. The summed E-state index contributed by atoms with van der Waals surface area (Å²) in [5.41, 5.74) is 16.2. The third-order valence-electron chi connectivity index (χ3n) is 12.8. The van der Waals surface area contributed by atoms with Gasteiger partial charge in [-0.15, -0.1) is 0 Å². The van der Waals surface area contributed by atoms with Gasteiger partial charge >= 0.3 is 6.18 Å². The van der Waals surface area contributed by atoms with Crippen LogP contribution in [-0.4, -0.2) is 9.13 Å². The van der Waals surface area contributed by atoms with Crippen molar-refractivity contribution in [1.29, 1.82) is 10.5 Å². The Morgan fingerprint density at radius 2 is 0.844 bits per heavy atom. The summed E-state index contributed by atoms with van der Waals surface area (Å²) in [5.74, 6) is 0. The van der Waals surface area contributed by atoms with Gasteiger partial charge in [-0.1, -0.05) is 102 Å². The van der Waals surface area contributed by atoms with Crippen LogP contribution in [0.3, 0.4) is 0 Å². The molecule has 0 atom stereocenters. The lowest BCUT2D eigenvalue weighted by Crippen LogP contribution is -2.07. The fourth-order valence-corrected chi connectivity index (χ4v) is 10.3. The number of nitrogens with zero attached hydrogens (tertiary/aromatic N) is 4. The van der Waals surface area contributed by atoms with Crippen LogP contribution in [0.4, 0.5) is 13.2 Å². The molecule has 64 heavy (non-hydrogen) atoms. The molecule has 0 N–H and O–H groups in total. The van der Waals surface area contributed by atoms with Crippen LogP contribution in [0.2, 0.25) is 0 Å². The fraction of sp³-hybridized carbons (Fsp3) is 0.123. The van der Waals surface area contributed by atoms with E-state index in [1.807, 2.05) is 42.5 Å². The van der Waals surface area contributed by atoms with E-state index in [1.54, 1.807) is 0 Å². The number of para-hydroxylation sites is 2. The van der Waals surface area contributed by atoms with Gasteiger partial charge in [-0.25, -0.2) is 0 Å². The smallest absolute Gasteiger partial charge is 0.307 e. The first kappa shape index (κ1) is 40.2. The molecule has 0 bridgehead atoms. The maximum absolute atomic E-state index is 14.1. The first-order chi connectivity index (χ1) is 30.7. The lowest BCUT2D eigenvalue weighted by Gasteiger charge is -2.21. The molecule has 0 amide bonds. The maximum atomic E-state index is 14.1. The molecule has 10 rings (SSSR count). The molecule has 0 fully saturated rings. The first-order valence-electron chi connectivity index (χ1n) is 21.2. The molecule has 2 aromatic heterocycles. The molecule has 310 valence electrons. The summed E-state index contributed by atoms with van der Waals surface area (Å²) in [4.78, 5) is 0. The molecule has 0 aliphatic carbocycles. The van der Waals surface area contributed by atoms with E-state index in [9.17, 15) is 23.7 Å². The Labute approximate surface area is 369 Å². The van der Waals surface area contributed by atoms with Crippen LogP contribution in [0.5, 0.6) is 0 Å². The normalized spacial score (nSPS) is 11.8. The molecule has 4 nitrogen and oxygen atoms in total. The van der Waals surface area contributed by atoms with Crippen LogP contribution in [-0.2, 0) is 6.18 Å². The van der Waals surface area contributed by atoms with Crippen molar-refractivity contribution in [2.75, 3.05) is 0 Å². The third-order valence-corrected chi connectivity index (χ3v) is 12.8. The average molecular weight is 839 g/mol. The number of benzene rings is 8. The second kappa shape index (κ2) is 14.9. The highest BCUT2D eigenvalue weighted by atomic mass is 19.4. The van der Waals surface area contributed by atoms with Crippen LogP contribution in [0.25, 0.3) is 88.4 Å². The van der Waals surface area contributed by atoms with Crippen LogP contribution in [0.15, 0.2) is 140 Å². The highest BCUT2D eigenvalue weighted by Gasteiger charge is 2.32. The topological polar surface area (TPSA) is 57.4 Å². The summed E-state index contributed by atoms with van der Waals surface area (Å²) in [6.07, 6.45) is -4.66. The van der Waals surface area contributed by atoms with Crippen molar-refractivity contribution in [2.45, 2.75) is 47.7 Å². The van der Waals surface area contributed by atoms with Crippen molar-refractivity contribution >= 4 is 43.6 Å². The van der Waals surface area contributed by atoms with Crippen molar-refractivity contribution in [3.05, 3.63) is 190 Å². The quantitative estimate of drug-likeness (QED) is 0.173. The number of halogens is 3. The van der Waals surface area contributed by atoms with Gasteiger partial charge in [0.05, 0.1) is 62.3 Å². The Morgan fingerprint density at radius 3 is 1.30 bits per heavy atom. The molecular formula is C57H41F3N4. The Hall–Kier alpha value is -7.87. The molecule has 0 aliphatic heterocycles. The minimum Gasteiger partial charge on any atom is -0.307 e. The fourth-order valence-electron chi connectivity index (χ4n) is 10.3. The molecule has 0 unspecified atom stereocenters. The Kier molecular flexibility index (Phi) is 9.36. The summed E-state index contributed by atoms with van der Waals surface area (Å²) < 4.78 is 46.6. The lowest BCUT2D eigenvalue weighted by atomic mass is 9.92. The summed E-state index contributed by atoms with van der Waals surface area (Å²) >= 11 is 0. The first-order valence-corrected chi connectivity index (χ1v) is 21.2. The summed E-state index contributed by atoms with van der Waals surface area (Å²) in [5, 5.41) is 25.5. The van der Waals surface area contributed by atoms with E-state index in [-0.39, 0.29) is 16.7 Å². The standard InChI is InChI=1S/C57H41F3N4/c1-32-21-34(3)55(35(4)22-32)38-15-18-46-44-11-7-9-13-49(44)63(51(46)26-38)53-28-41(31-62)48(43-20-17-42(57(58,59)60)25-40(43)30-61)29-54(53)64-50-14-10-8-12-45(50)47-19-16-39(27-52(47)64)56-36(5)23-33(2)24-37(56)6/h7-29H,1-6H3. The molecule has 2 heterocycles. The zero-order valence-corrected chi connectivity index (χ0v) is 36.2. The number of aryl methyl sites for hydroxylation is 6. The molecule has 0 spiro atoms. The van der Waals surface area contributed by atoms with Gasteiger partial charge in [-0.3, -0.25) is 0 Å². The number of hydrogen-bond donors (Lipinski definition) is 0. The largest absolute Gasteiger partial charge is 0.416 e. The van der Waals surface area contributed by atoms with Crippen molar-refractivity contribution in [3.63, 3.8) is 0 Å². The van der Waals surface area contributed by atoms with Gasteiger partial charge in [0.25, 0.3) is 0 Å². The van der Waals surface area contributed by atoms with Crippen molar-refractivity contribution in [3.8, 4) is 56.9 Å². The minimum absolute atomic E-state index is 0.176. The molecule has 0 saturated heterocycles. The number of alkyl halides is 3. The van der Waals surface area contributed by atoms with Gasteiger partial charge in [0.15, 0.2) is 0 Å². The second-order valence-electron chi connectivity index (χ2n) is 17.1. The Morgan fingerprint density at radius 1 is 0.422 bits per heavy atom. The highest BCUT2D eigenvalue weighted by Crippen LogP contribution is 2.44. The van der Waals surface area contributed by atoms with E-state index in [0.717, 1.165) is 89.1 Å². The van der Waals surface area contributed by atoms with Gasteiger partial charge in [0.1, 0.15) is 0 Å². The van der Waals surface area contributed by atoms with Crippen LogP contribution < -0.4 is 0 Å². The maximum Gasteiger partial charge on any atom is 0.416 e. The monoisotopic (exact) mass is 838 g/mol. The van der Waals surface area contributed by atoms with Crippen molar-refractivity contribution in [1.82, 2.24) is 9.13 Å². The van der Waals surface area contributed by atoms with Gasteiger partial charge in [-0.2, -0.15) is 23.7 Å². The summed E-state index contributed by atoms with van der Waals surface area (Å²) in [6.45, 7) is 12.7. The predicted molar refractivity (Wildman–Crippen MR) is 254 cm³/mol. The van der Waals surface area contributed by atoms with Gasteiger partial charge in [-0.05, 0) is 135 Å². The number of nitriles is 2. The molecule has 0 aliphatic rings. The average Bonchev–Trinajstić information content (AvgIpc) is 3.76. The van der Waals surface area contributed by atoms with E-state index >= 15 is 0 Å². The van der Waals surface area contributed by atoms with E-state index in [4.69, 9.17) is 0 Å². The van der Waals surface area contributed by atoms with E-state index in [1.165, 1.54) is 28.3 Å². The van der Waals surface area contributed by atoms with E-state index < -0.39 is 11.7 Å². The van der Waals surface area contributed by atoms with Crippen LogP contribution in [0, 0.1) is 64.2 Å². The second-order valence-corrected chi connectivity index (χ2v) is 17.1. The molecule has 10 aromatic rings. The summed E-state index contributed by atoms with van der Waals surface area (Å²) in [7, 11) is 0. The Balaban J connectivity index is 1.37. The van der Waals surface area contributed by atoms with E-state index in [0.29, 0.717) is 16.9 Å². The van der Waals surface area contributed by atoms with Gasteiger partial charge in [0.2, 0.25) is 0 Å². The van der Waals surface area contributed by atoms with Crippen LogP contribution >= 0.6 is 0 Å². The number of hydrogen-bond acceptors (Lipinski definition) is 2. The predicted octanol–water partition coefficient (Wildman–Crippen LogP) is 15.5. The van der Waals surface area contributed by atoms with E-state index in [2.05, 4.69) is 142 Å². The highest BCUT2D eigenvalue weighted by molar-refractivity contribution is 6.13. The minimum atomic E-state index is -4.66. The molecular weight excluding hydrogens is 798 g/mol. The molecule has 7 heteroatoms. The van der Waals surface area contributed by atoms with Crippen molar-refractivity contribution in [2.24, 2.45) is 0 Å².